The van der Waals surface area contributed by atoms with E-state index in [0.29, 0.717) is 17.7 Å². The van der Waals surface area contributed by atoms with Gasteiger partial charge in [-0.2, -0.15) is 4.98 Å². The Balaban J connectivity index is 0.00000272. The molecule has 0 unspecified atom stereocenters. The maximum atomic E-state index is 5.80. The molecular formula is C23H33ClN6O. The molecule has 0 aliphatic carbocycles. The number of rotatable bonds is 9. The second-order valence-electron chi connectivity index (χ2n) is 8.28. The van der Waals surface area contributed by atoms with Crippen LogP contribution in [0.5, 0.6) is 0 Å². The van der Waals surface area contributed by atoms with Crippen LogP contribution in [-0.4, -0.2) is 31.8 Å². The number of nitrogens with zero attached hydrogens (tertiary/aromatic N) is 4. The number of aromatic nitrogens is 3. The molecule has 3 heterocycles. The van der Waals surface area contributed by atoms with E-state index < -0.39 is 0 Å². The third-order valence-corrected chi connectivity index (χ3v) is 6.09. The molecule has 7 nitrogen and oxygen atoms in total. The zero-order valence-corrected chi connectivity index (χ0v) is 19.0. The van der Waals surface area contributed by atoms with Crippen molar-refractivity contribution in [3.8, 4) is 11.4 Å². The summed E-state index contributed by atoms with van der Waals surface area (Å²) < 4.78 is 9.84. The van der Waals surface area contributed by atoms with Crippen molar-refractivity contribution in [1.29, 1.82) is 0 Å². The van der Waals surface area contributed by atoms with Crippen LogP contribution in [0.4, 0.5) is 0 Å². The van der Waals surface area contributed by atoms with Gasteiger partial charge in [-0.25, -0.2) is 0 Å². The van der Waals surface area contributed by atoms with Crippen molar-refractivity contribution in [2.75, 3.05) is 6.54 Å². The molecule has 2 aromatic heterocycles. The Morgan fingerprint density at radius 2 is 1.97 bits per heavy atom. The Bertz CT molecular complexity index is 1020. The van der Waals surface area contributed by atoms with E-state index in [1.807, 2.05) is 4.58 Å². The van der Waals surface area contributed by atoms with Crippen LogP contribution in [0.15, 0.2) is 35.0 Å². The number of hydrogen-bond donors (Lipinski definition) is 2. The number of hydrogen-bond acceptors (Lipinski definition) is 3. The molecule has 0 spiro atoms. The summed E-state index contributed by atoms with van der Waals surface area (Å²) in [5.74, 6) is 1.50. The van der Waals surface area contributed by atoms with E-state index in [1.165, 1.54) is 49.4 Å². The molecule has 1 saturated heterocycles. The third kappa shape index (κ3) is 5.21. The van der Waals surface area contributed by atoms with E-state index in [-0.39, 0.29) is 18.4 Å². The Hall–Kier alpha value is -2.54. The fraction of sp³-hybridized carbons (Fsp3) is 0.522. The average Bonchev–Trinajstić information content (AvgIpc) is 3.49. The van der Waals surface area contributed by atoms with Gasteiger partial charge in [-0.05, 0) is 43.5 Å². The molecule has 0 radical (unpaired) electrons. The van der Waals surface area contributed by atoms with Crippen molar-refractivity contribution in [1.82, 2.24) is 14.7 Å². The van der Waals surface area contributed by atoms with Crippen molar-refractivity contribution >= 4 is 16.9 Å². The number of halogens is 1. The van der Waals surface area contributed by atoms with Crippen LogP contribution in [0, 0.1) is 0 Å². The van der Waals surface area contributed by atoms with Gasteiger partial charge in [0.05, 0.1) is 6.54 Å². The van der Waals surface area contributed by atoms with Gasteiger partial charge in [0, 0.05) is 29.2 Å². The highest BCUT2D eigenvalue weighted by atomic mass is 35.5. The van der Waals surface area contributed by atoms with Gasteiger partial charge in [-0.1, -0.05) is 44.2 Å². The third-order valence-electron chi connectivity index (χ3n) is 6.09. The zero-order chi connectivity index (χ0) is 20.9. The Morgan fingerprint density at radius 3 is 2.77 bits per heavy atom. The number of unbranched alkanes of at least 4 members (excludes halogenated alkanes) is 5. The summed E-state index contributed by atoms with van der Waals surface area (Å²) in [6.45, 7) is 4.15. The predicted octanol–water partition coefficient (Wildman–Crippen LogP) is 1.18. The first kappa shape index (κ1) is 23.1. The Morgan fingerprint density at radius 1 is 1.16 bits per heavy atom. The molecule has 4 rings (SSSR count). The van der Waals surface area contributed by atoms with Gasteiger partial charge in [-0.3, -0.25) is 16.0 Å². The molecule has 1 aliphatic rings. The van der Waals surface area contributed by atoms with E-state index in [9.17, 15) is 0 Å². The topological polar surface area (TPSA) is 98.9 Å². The highest BCUT2D eigenvalue weighted by Gasteiger charge is 2.31. The molecule has 1 fully saturated rings. The number of guanidine groups is 1. The van der Waals surface area contributed by atoms with Crippen LogP contribution in [0.25, 0.3) is 22.3 Å². The van der Waals surface area contributed by atoms with Gasteiger partial charge in [0.25, 0.3) is 5.89 Å². The summed E-state index contributed by atoms with van der Waals surface area (Å²) in [5.41, 5.74) is 13.8. The summed E-state index contributed by atoms with van der Waals surface area (Å²) in [4.78, 5) is 4.64. The smallest absolute Gasteiger partial charge is 0.341 e. The van der Waals surface area contributed by atoms with Gasteiger partial charge >= 0.3 is 5.96 Å². The predicted molar refractivity (Wildman–Crippen MR) is 119 cm³/mol. The molecule has 168 valence electrons. The van der Waals surface area contributed by atoms with Gasteiger partial charge in [0.15, 0.2) is 6.04 Å². The van der Waals surface area contributed by atoms with Crippen molar-refractivity contribution in [3.63, 3.8) is 0 Å². The molecular weight excluding hydrogens is 412 g/mol. The second kappa shape index (κ2) is 10.7. The van der Waals surface area contributed by atoms with E-state index >= 15 is 0 Å². The highest BCUT2D eigenvalue weighted by molar-refractivity contribution is 5.84. The first-order chi connectivity index (χ1) is 14.7. The lowest BCUT2D eigenvalue weighted by molar-refractivity contribution is -0.555. The first-order valence-electron chi connectivity index (χ1n) is 11.2. The molecule has 31 heavy (non-hydrogen) atoms. The summed E-state index contributed by atoms with van der Waals surface area (Å²) in [6.07, 6.45) is 12.0. The number of aryl methyl sites for hydroxylation is 1. The van der Waals surface area contributed by atoms with E-state index in [2.05, 4.69) is 52.1 Å². The maximum absolute atomic E-state index is 5.80. The largest absolute Gasteiger partial charge is 1.00 e. The van der Waals surface area contributed by atoms with Gasteiger partial charge in [0.1, 0.15) is 0 Å². The number of nitrogens with two attached hydrogens (primary N) is 2. The Kier molecular flexibility index (Phi) is 7.96. The first-order valence-corrected chi connectivity index (χ1v) is 11.2. The summed E-state index contributed by atoms with van der Waals surface area (Å²) >= 11 is 0. The number of benzene rings is 1. The average molecular weight is 445 g/mol. The van der Waals surface area contributed by atoms with Crippen LogP contribution >= 0.6 is 0 Å². The lowest BCUT2D eigenvalue weighted by Crippen LogP contribution is -3.00. The van der Waals surface area contributed by atoms with Crippen LogP contribution in [0.3, 0.4) is 0 Å². The fourth-order valence-electron chi connectivity index (χ4n) is 4.42. The molecule has 0 amide bonds. The van der Waals surface area contributed by atoms with Crippen molar-refractivity contribution in [2.24, 2.45) is 11.5 Å². The molecule has 1 aromatic carbocycles. The van der Waals surface area contributed by atoms with Crippen LogP contribution in [0.2, 0.25) is 0 Å². The van der Waals surface area contributed by atoms with Gasteiger partial charge < -0.3 is 21.5 Å². The van der Waals surface area contributed by atoms with Crippen molar-refractivity contribution in [3.05, 3.63) is 36.4 Å². The minimum Gasteiger partial charge on any atom is -1.00 e. The van der Waals surface area contributed by atoms with Gasteiger partial charge in [-0.15, -0.1) is 0 Å². The van der Waals surface area contributed by atoms with Crippen LogP contribution in [-0.2, 0) is 6.54 Å². The monoisotopic (exact) mass is 444 g/mol. The van der Waals surface area contributed by atoms with E-state index in [4.69, 9.17) is 16.0 Å². The zero-order valence-electron chi connectivity index (χ0n) is 18.3. The minimum atomic E-state index is -0.0293. The molecule has 0 bridgehead atoms. The van der Waals surface area contributed by atoms with Crippen LogP contribution in [0.1, 0.15) is 70.2 Å². The highest BCUT2D eigenvalue weighted by Crippen LogP contribution is 2.29. The Labute approximate surface area is 189 Å². The molecule has 8 heteroatoms. The minimum absolute atomic E-state index is 0. The standard InChI is InChI=1S/C23H32N6O.ClH/c1-2-3-4-5-6-7-13-28-15-12-17-16-18(10-11-19(17)28)21-26-22(30-27-21)20-9-8-14-29(20)23(24)25;/h10-12,15-16,20H,2-9,13-14H2,1H3,(H3,24,25);1H/t20-;/m0./s1. The molecule has 1 atom stereocenters. The number of fused-ring (bicyclic) bond motifs is 1. The van der Waals surface area contributed by atoms with Crippen LogP contribution < -0.4 is 23.9 Å². The fourth-order valence-corrected chi connectivity index (χ4v) is 4.42. The van der Waals surface area contributed by atoms with Crippen molar-refractivity contribution in [2.45, 2.75) is 70.9 Å². The summed E-state index contributed by atoms with van der Waals surface area (Å²) in [5, 5.41) is 5.41. The molecule has 4 N–H and O–H groups in total. The quantitative estimate of drug-likeness (QED) is 0.293. The SMILES string of the molecule is CCCCCCCCn1ccc2cc(-c3noc([C@@H]4CCC[N+]4=C(N)N)n3)ccc21.[Cl-]. The lowest BCUT2D eigenvalue weighted by Gasteiger charge is -2.07. The van der Waals surface area contributed by atoms with E-state index in [0.717, 1.165) is 31.5 Å². The molecule has 0 saturated carbocycles. The second-order valence-corrected chi connectivity index (χ2v) is 8.28. The normalized spacial score (nSPS) is 16.0. The van der Waals surface area contributed by atoms with Crippen molar-refractivity contribution < 1.29 is 21.5 Å². The summed E-state index contributed by atoms with van der Waals surface area (Å²) in [6, 6.07) is 8.51. The van der Waals surface area contributed by atoms with Gasteiger partial charge in [0.2, 0.25) is 5.82 Å². The maximum Gasteiger partial charge on any atom is 0.341 e. The summed E-state index contributed by atoms with van der Waals surface area (Å²) in [7, 11) is 0. The lowest BCUT2D eigenvalue weighted by atomic mass is 10.1. The van der Waals surface area contributed by atoms with E-state index in [1.54, 1.807) is 0 Å². The molecule has 3 aromatic rings. The molecule has 1 aliphatic heterocycles.